The molecule has 0 aromatic rings. The highest BCUT2D eigenvalue weighted by Crippen LogP contribution is 2.67. The number of carbonyl (C=O) groups excluding carboxylic acids is 2. The van der Waals surface area contributed by atoms with Crippen LogP contribution in [0.3, 0.4) is 0 Å². The normalized spacial score (nSPS) is 36.7. The molecular formula is C35H61N3O2. The number of rotatable bonds is 13. The van der Waals surface area contributed by atoms with E-state index >= 15 is 0 Å². The second-order valence-electron chi connectivity index (χ2n) is 15.3. The largest absolute Gasteiger partial charge is 0.368 e. The van der Waals surface area contributed by atoms with E-state index in [0.29, 0.717) is 17.4 Å². The van der Waals surface area contributed by atoms with Gasteiger partial charge in [0.05, 0.1) is 6.04 Å². The van der Waals surface area contributed by atoms with Crippen molar-refractivity contribution in [3.05, 3.63) is 11.6 Å². The molecule has 3 saturated carbocycles. The molecule has 4 N–H and O–H groups in total. The van der Waals surface area contributed by atoms with Crippen molar-refractivity contribution >= 4 is 11.8 Å². The fourth-order valence-electron chi connectivity index (χ4n) is 10.2. The molecule has 4 aliphatic rings. The first-order valence-corrected chi connectivity index (χ1v) is 16.9. The summed E-state index contributed by atoms with van der Waals surface area (Å²) in [5.74, 6) is 5.15. The Kier molecular flexibility index (Phi) is 10.5. The Hall–Kier alpha value is -1.36. The molecule has 0 radical (unpaired) electrons. The van der Waals surface area contributed by atoms with Crippen molar-refractivity contribution in [2.75, 3.05) is 13.6 Å². The maximum Gasteiger partial charge on any atom is 0.234 e. The number of nitrogens with one attached hydrogen (secondary N) is 2. The third-order valence-electron chi connectivity index (χ3n) is 12.6. The van der Waals surface area contributed by atoms with Gasteiger partial charge in [-0.15, -0.1) is 0 Å². The summed E-state index contributed by atoms with van der Waals surface area (Å²) in [6.45, 7) is 13.2. The van der Waals surface area contributed by atoms with E-state index in [2.05, 4.69) is 51.3 Å². The summed E-state index contributed by atoms with van der Waals surface area (Å²) >= 11 is 0. The van der Waals surface area contributed by atoms with Crippen LogP contribution in [0.5, 0.6) is 0 Å². The molecule has 2 amide bonds. The van der Waals surface area contributed by atoms with Crippen molar-refractivity contribution in [3.63, 3.8) is 0 Å². The van der Waals surface area contributed by atoms with Gasteiger partial charge in [0.2, 0.25) is 11.8 Å². The Balaban J connectivity index is 1.31. The standard InChI is InChI=1S/C35H61N3O2/c1-23(2)10-9-11-24(3)28-15-16-29-27-14-13-26-22-25(17-19-34(26,4)30(27)18-20-35(28,29)5)33(40)38-21-8-7-12-31(37-6)32(36)39/h13,23-25,27-31,37H,7-12,14-22H2,1-6H3,(H2,36,39)(H,38,40)/t24?,25?,27?,28?,29?,30?,31-,34?,35?/m0/s1. The molecule has 8 unspecified atom stereocenters. The summed E-state index contributed by atoms with van der Waals surface area (Å²) in [5, 5.41) is 6.17. The summed E-state index contributed by atoms with van der Waals surface area (Å²) in [6, 6.07) is -0.278. The number of likely N-dealkylation sites (N-methyl/N-ethyl adjacent to an activating group) is 1. The number of carbonyl (C=O) groups is 2. The first-order chi connectivity index (χ1) is 19.0. The van der Waals surface area contributed by atoms with Crippen LogP contribution in [-0.2, 0) is 9.59 Å². The molecule has 9 atom stereocenters. The van der Waals surface area contributed by atoms with Crippen molar-refractivity contribution in [1.82, 2.24) is 10.6 Å². The maximum atomic E-state index is 13.1. The number of amides is 2. The molecule has 0 spiro atoms. The number of hydrogen-bond acceptors (Lipinski definition) is 3. The number of nitrogens with two attached hydrogens (primary N) is 1. The lowest BCUT2D eigenvalue weighted by atomic mass is 9.46. The van der Waals surface area contributed by atoms with Crippen LogP contribution in [0.1, 0.15) is 125 Å². The minimum Gasteiger partial charge on any atom is -0.368 e. The minimum absolute atomic E-state index is 0.114. The highest BCUT2D eigenvalue weighted by Gasteiger charge is 2.59. The molecule has 0 aromatic heterocycles. The van der Waals surface area contributed by atoms with Gasteiger partial charge in [0.25, 0.3) is 0 Å². The molecule has 0 aliphatic heterocycles. The Morgan fingerprint density at radius 1 is 0.975 bits per heavy atom. The van der Waals surface area contributed by atoms with Crippen LogP contribution < -0.4 is 16.4 Å². The van der Waals surface area contributed by atoms with Crippen molar-refractivity contribution in [1.29, 1.82) is 0 Å². The predicted molar refractivity (Wildman–Crippen MR) is 165 cm³/mol. The Labute approximate surface area is 245 Å². The highest BCUT2D eigenvalue weighted by atomic mass is 16.2. The number of primary amides is 1. The van der Waals surface area contributed by atoms with Gasteiger partial charge in [-0.2, -0.15) is 0 Å². The first kappa shape index (κ1) is 31.6. The molecule has 4 aliphatic carbocycles. The molecule has 228 valence electrons. The summed E-state index contributed by atoms with van der Waals surface area (Å²) in [6.07, 6.45) is 19.3. The fraction of sp³-hybridized carbons (Fsp3) is 0.886. The summed E-state index contributed by atoms with van der Waals surface area (Å²) in [5.41, 5.74) is 7.83. The Morgan fingerprint density at radius 2 is 1.75 bits per heavy atom. The lowest BCUT2D eigenvalue weighted by Crippen LogP contribution is -2.51. The van der Waals surface area contributed by atoms with Gasteiger partial charge in [-0.05, 0) is 124 Å². The van der Waals surface area contributed by atoms with Gasteiger partial charge in [0, 0.05) is 12.5 Å². The smallest absolute Gasteiger partial charge is 0.234 e. The molecule has 3 fully saturated rings. The van der Waals surface area contributed by atoms with Gasteiger partial charge in [-0.25, -0.2) is 0 Å². The molecule has 5 nitrogen and oxygen atoms in total. The zero-order chi connectivity index (χ0) is 29.1. The van der Waals surface area contributed by atoms with E-state index in [4.69, 9.17) is 5.73 Å². The summed E-state index contributed by atoms with van der Waals surface area (Å²) in [4.78, 5) is 24.5. The van der Waals surface area contributed by atoms with Gasteiger partial charge in [-0.1, -0.05) is 65.5 Å². The van der Waals surface area contributed by atoms with Gasteiger partial charge in [0.1, 0.15) is 0 Å². The molecule has 5 heteroatoms. The van der Waals surface area contributed by atoms with Gasteiger partial charge in [0.15, 0.2) is 0 Å². The predicted octanol–water partition coefficient (Wildman–Crippen LogP) is 7.00. The first-order valence-electron chi connectivity index (χ1n) is 16.9. The van der Waals surface area contributed by atoms with E-state index < -0.39 is 0 Å². The van der Waals surface area contributed by atoms with Crippen LogP contribution >= 0.6 is 0 Å². The second kappa shape index (κ2) is 13.3. The average Bonchev–Trinajstić information content (AvgIpc) is 3.27. The number of hydrogen-bond donors (Lipinski definition) is 3. The lowest BCUT2D eigenvalue weighted by molar-refractivity contribution is -0.126. The van der Waals surface area contributed by atoms with Gasteiger partial charge in [-0.3, -0.25) is 9.59 Å². The van der Waals surface area contributed by atoms with Crippen LogP contribution in [0, 0.1) is 52.3 Å². The highest BCUT2D eigenvalue weighted by molar-refractivity contribution is 5.80. The maximum absolute atomic E-state index is 13.1. The van der Waals surface area contributed by atoms with Crippen LogP contribution in [0.25, 0.3) is 0 Å². The van der Waals surface area contributed by atoms with Crippen LogP contribution in [0.15, 0.2) is 11.6 Å². The monoisotopic (exact) mass is 555 g/mol. The SMILES string of the molecule is CN[C@@H](CCCCNC(=O)C1CCC2(C)C(=CCC3C2CCC2(C)C(C(C)CCCC(C)C)CCC32)C1)C(N)=O. The zero-order valence-corrected chi connectivity index (χ0v) is 26.7. The molecular weight excluding hydrogens is 494 g/mol. The van der Waals surface area contributed by atoms with Crippen LogP contribution in [-0.4, -0.2) is 31.4 Å². The number of fused-ring (bicyclic) bond motifs is 5. The molecule has 0 heterocycles. The van der Waals surface area contributed by atoms with Crippen molar-refractivity contribution in [2.24, 2.45) is 58.0 Å². The van der Waals surface area contributed by atoms with E-state index in [-0.39, 0.29) is 23.8 Å². The topological polar surface area (TPSA) is 84.2 Å². The summed E-state index contributed by atoms with van der Waals surface area (Å²) < 4.78 is 0. The fourth-order valence-corrected chi connectivity index (χ4v) is 10.2. The van der Waals surface area contributed by atoms with E-state index in [1.165, 1.54) is 57.8 Å². The second-order valence-corrected chi connectivity index (χ2v) is 15.3. The molecule has 0 bridgehead atoms. The number of allylic oxidation sites excluding steroid dienone is 2. The van der Waals surface area contributed by atoms with Gasteiger partial charge < -0.3 is 16.4 Å². The third kappa shape index (κ3) is 6.50. The van der Waals surface area contributed by atoms with E-state index in [0.717, 1.165) is 67.6 Å². The van der Waals surface area contributed by atoms with Crippen molar-refractivity contribution < 1.29 is 9.59 Å². The Morgan fingerprint density at radius 3 is 2.45 bits per heavy atom. The quantitative estimate of drug-likeness (QED) is 0.169. The molecule has 4 rings (SSSR count). The average molecular weight is 556 g/mol. The Bertz CT molecular complexity index is 914. The minimum atomic E-state index is -0.304. The van der Waals surface area contributed by atoms with Crippen LogP contribution in [0.2, 0.25) is 0 Å². The van der Waals surface area contributed by atoms with Gasteiger partial charge >= 0.3 is 0 Å². The van der Waals surface area contributed by atoms with E-state index in [9.17, 15) is 9.59 Å². The van der Waals surface area contributed by atoms with E-state index in [1.807, 2.05) is 0 Å². The van der Waals surface area contributed by atoms with Crippen molar-refractivity contribution in [2.45, 2.75) is 131 Å². The number of unbranched alkanes of at least 4 members (excludes halogenated alkanes) is 1. The third-order valence-corrected chi connectivity index (χ3v) is 12.6. The zero-order valence-electron chi connectivity index (χ0n) is 26.7. The van der Waals surface area contributed by atoms with Crippen molar-refractivity contribution in [3.8, 4) is 0 Å². The van der Waals surface area contributed by atoms with E-state index in [1.54, 1.807) is 12.6 Å². The lowest BCUT2D eigenvalue weighted by Gasteiger charge is -2.58. The summed E-state index contributed by atoms with van der Waals surface area (Å²) in [7, 11) is 1.77. The van der Waals surface area contributed by atoms with Crippen LogP contribution in [0.4, 0.5) is 0 Å². The molecule has 0 aromatic carbocycles. The molecule has 40 heavy (non-hydrogen) atoms. The molecule has 0 saturated heterocycles.